The van der Waals surface area contributed by atoms with Gasteiger partial charge in [-0.15, -0.1) is 0 Å². The van der Waals surface area contributed by atoms with Crippen molar-refractivity contribution in [1.29, 1.82) is 0 Å². The average Bonchev–Trinajstić information content (AvgIpc) is 2.97. The lowest BCUT2D eigenvalue weighted by Crippen LogP contribution is -2.23. The molecule has 1 aromatic carbocycles. The van der Waals surface area contributed by atoms with Crippen LogP contribution < -0.4 is 10.6 Å². The molecule has 0 unspecified atom stereocenters. The normalized spacial score (nSPS) is 13.9. The maximum Gasteiger partial charge on any atom is 0.128 e. The predicted molar refractivity (Wildman–Crippen MR) is 73.5 cm³/mol. The first kappa shape index (κ1) is 11.1. The zero-order valence-electron chi connectivity index (χ0n) is 10.6. The predicted octanol–water partition coefficient (Wildman–Crippen LogP) is 2.05. The minimum absolute atomic E-state index is 0.835. The van der Waals surface area contributed by atoms with Crippen LogP contribution in [0.5, 0.6) is 0 Å². The molecule has 4 nitrogen and oxygen atoms in total. The number of imidazole rings is 1. The Morgan fingerprint density at radius 2 is 2.28 bits per heavy atom. The molecule has 0 aliphatic carbocycles. The van der Waals surface area contributed by atoms with E-state index < -0.39 is 0 Å². The van der Waals surface area contributed by atoms with Crippen molar-refractivity contribution >= 4 is 11.4 Å². The highest BCUT2D eigenvalue weighted by Gasteiger charge is 2.22. The van der Waals surface area contributed by atoms with Gasteiger partial charge in [0.1, 0.15) is 5.82 Å². The maximum absolute atomic E-state index is 6.09. The van der Waals surface area contributed by atoms with Gasteiger partial charge in [-0.25, -0.2) is 4.98 Å². The van der Waals surface area contributed by atoms with Crippen molar-refractivity contribution in [2.24, 2.45) is 0 Å². The molecule has 94 valence electrons. The van der Waals surface area contributed by atoms with E-state index in [1.165, 1.54) is 11.3 Å². The minimum atomic E-state index is 0.835. The summed E-state index contributed by atoms with van der Waals surface area (Å²) in [5.74, 6) is 1.11. The van der Waals surface area contributed by atoms with E-state index in [4.69, 9.17) is 5.73 Å². The number of nitrogens with zero attached hydrogens (tertiary/aromatic N) is 3. The molecule has 0 radical (unpaired) electrons. The van der Waals surface area contributed by atoms with E-state index in [2.05, 4.69) is 27.4 Å². The van der Waals surface area contributed by atoms with Crippen molar-refractivity contribution in [3.63, 3.8) is 0 Å². The number of para-hydroxylation sites is 1. The largest absolute Gasteiger partial charge is 0.397 e. The van der Waals surface area contributed by atoms with E-state index in [1.54, 1.807) is 0 Å². The quantitative estimate of drug-likeness (QED) is 0.838. The van der Waals surface area contributed by atoms with Crippen LogP contribution in [0, 0.1) is 0 Å². The van der Waals surface area contributed by atoms with E-state index in [0.29, 0.717) is 0 Å². The number of fused-ring (bicyclic) bond motifs is 1. The molecule has 4 heteroatoms. The van der Waals surface area contributed by atoms with Crippen LogP contribution in [0.2, 0.25) is 0 Å². The van der Waals surface area contributed by atoms with E-state index in [0.717, 1.165) is 37.6 Å². The number of aromatic nitrogens is 2. The molecular weight excluding hydrogens is 224 g/mol. The van der Waals surface area contributed by atoms with Gasteiger partial charge in [0, 0.05) is 25.5 Å². The zero-order valence-corrected chi connectivity index (χ0v) is 10.6. The first-order valence-electron chi connectivity index (χ1n) is 6.42. The van der Waals surface area contributed by atoms with Gasteiger partial charge in [-0.05, 0) is 25.0 Å². The topological polar surface area (TPSA) is 47.1 Å². The molecule has 0 saturated heterocycles. The summed E-state index contributed by atoms with van der Waals surface area (Å²) in [6.07, 6.45) is 4.97. The Hall–Kier alpha value is -1.97. The van der Waals surface area contributed by atoms with Crippen LogP contribution >= 0.6 is 0 Å². The van der Waals surface area contributed by atoms with Crippen molar-refractivity contribution in [2.75, 3.05) is 17.2 Å². The molecule has 2 aromatic rings. The Morgan fingerprint density at radius 1 is 1.39 bits per heavy atom. The molecule has 2 heterocycles. The van der Waals surface area contributed by atoms with Gasteiger partial charge in [0.2, 0.25) is 0 Å². The Morgan fingerprint density at radius 3 is 3.11 bits per heavy atom. The molecular formula is C14H18N4. The third-order valence-electron chi connectivity index (χ3n) is 3.59. The molecule has 0 bridgehead atoms. The van der Waals surface area contributed by atoms with Gasteiger partial charge >= 0.3 is 0 Å². The number of rotatable bonds is 3. The summed E-state index contributed by atoms with van der Waals surface area (Å²) in [6, 6.07) is 6.17. The van der Waals surface area contributed by atoms with Crippen molar-refractivity contribution in [1.82, 2.24) is 9.55 Å². The van der Waals surface area contributed by atoms with Crippen LogP contribution in [0.25, 0.3) is 0 Å². The van der Waals surface area contributed by atoms with Crippen LogP contribution in [-0.2, 0) is 19.5 Å². The monoisotopic (exact) mass is 242 g/mol. The zero-order chi connectivity index (χ0) is 12.5. The number of benzene rings is 1. The van der Waals surface area contributed by atoms with Crippen molar-refractivity contribution < 1.29 is 0 Å². The average molecular weight is 242 g/mol. The third-order valence-corrected chi connectivity index (χ3v) is 3.59. The van der Waals surface area contributed by atoms with Crippen LogP contribution in [0.15, 0.2) is 30.6 Å². The Bertz CT molecular complexity index is 559. The molecule has 18 heavy (non-hydrogen) atoms. The van der Waals surface area contributed by atoms with Crippen LogP contribution in [-0.4, -0.2) is 16.1 Å². The molecule has 3 rings (SSSR count). The van der Waals surface area contributed by atoms with Crippen LogP contribution in [0.1, 0.15) is 18.3 Å². The van der Waals surface area contributed by atoms with Gasteiger partial charge in [0.25, 0.3) is 0 Å². The fourth-order valence-electron chi connectivity index (χ4n) is 2.67. The van der Waals surface area contributed by atoms with Gasteiger partial charge in [0.05, 0.1) is 17.9 Å². The van der Waals surface area contributed by atoms with Gasteiger partial charge < -0.3 is 15.2 Å². The van der Waals surface area contributed by atoms with Crippen molar-refractivity contribution in [2.45, 2.75) is 26.4 Å². The third kappa shape index (κ3) is 1.74. The molecule has 0 spiro atoms. The second kappa shape index (κ2) is 4.37. The summed E-state index contributed by atoms with van der Waals surface area (Å²) < 4.78 is 2.18. The van der Waals surface area contributed by atoms with Crippen molar-refractivity contribution in [3.05, 3.63) is 42.0 Å². The lowest BCUT2D eigenvalue weighted by atomic mass is 10.1. The Kier molecular flexibility index (Phi) is 2.70. The summed E-state index contributed by atoms with van der Waals surface area (Å²) >= 11 is 0. The molecule has 0 atom stereocenters. The second-order valence-corrected chi connectivity index (χ2v) is 4.66. The maximum atomic E-state index is 6.09. The number of nitrogens with two attached hydrogens (primary N) is 1. The lowest BCUT2D eigenvalue weighted by molar-refractivity contribution is 0.674. The molecule has 1 aromatic heterocycles. The standard InChI is InChI=1S/C14H18N4/c1-2-17-9-7-16-13(17)10-18-8-6-11-4-3-5-12(15)14(11)18/h3-5,7,9H,2,6,8,10,15H2,1H3. The Labute approximate surface area is 107 Å². The first-order valence-corrected chi connectivity index (χ1v) is 6.42. The summed E-state index contributed by atoms with van der Waals surface area (Å²) in [5, 5.41) is 0. The fourth-order valence-corrected chi connectivity index (χ4v) is 2.67. The van der Waals surface area contributed by atoms with E-state index in [9.17, 15) is 0 Å². The highest BCUT2D eigenvalue weighted by Crippen LogP contribution is 2.34. The SMILES string of the molecule is CCn1ccnc1CN1CCc2cccc(N)c21. The lowest BCUT2D eigenvalue weighted by Gasteiger charge is -2.20. The highest BCUT2D eigenvalue weighted by atomic mass is 15.2. The fraction of sp³-hybridized carbons (Fsp3) is 0.357. The molecule has 0 saturated carbocycles. The minimum Gasteiger partial charge on any atom is -0.397 e. The van der Waals surface area contributed by atoms with Gasteiger partial charge in [-0.3, -0.25) is 0 Å². The molecule has 1 aliphatic rings. The van der Waals surface area contributed by atoms with Crippen LogP contribution in [0.3, 0.4) is 0 Å². The smallest absolute Gasteiger partial charge is 0.128 e. The molecule has 2 N–H and O–H groups in total. The number of anilines is 2. The van der Waals surface area contributed by atoms with Gasteiger partial charge in [0.15, 0.2) is 0 Å². The number of hydrogen-bond donors (Lipinski definition) is 1. The number of aryl methyl sites for hydroxylation is 1. The Balaban J connectivity index is 1.89. The second-order valence-electron chi connectivity index (χ2n) is 4.66. The highest BCUT2D eigenvalue weighted by molar-refractivity contribution is 5.74. The number of hydrogen-bond acceptors (Lipinski definition) is 3. The van der Waals surface area contributed by atoms with E-state index in [1.807, 2.05) is 24.5 Å². The summed E-state index contributed by atoms with van der Waals surface area (Å²) in [4.78, 5) is 6.77. The molecule has 0 amide bonds. The van der Waals surface area contributed by atoms with E-state index >= 15 is 0 Å². The van der Waals surface area contributed by atoms with E-state index in [-0.39, 0.29) is 0 Å². The van der Waals surface area contributed by atoms with Crippen LogP contribution in [0.4, 0.5) is 11.4 Å². The summed E-state index contributed by atoms with van der Waals surface area (Å²) in [5.41, 5.74) is 9.52. The summed E-state index contributed by atoms with van der Waals surface area (Å²) in [6.45, 7) is 4.96. The first-order chi connectivity index (χ1) is 8.79. The van der Waals surface area contributed by atoms with Gasteiger partial charge in [-0.2, -0.15) is 0 Å². The molecule has 0 fully saturated rings. The van der Waals surface area contributed by atoms with Gasteiger partial charge in [-0.1, -0.05) is 12.1 Å². The number of nitrogen functional groups attached to an aromatic ring is 1. The van der Waals surface area contributed by atoms with Crippen molar-refractivity contribution in [3.8, 4) is 0 Å². The molecule has 1 aliphatic heterocycles. The summed E-state index contributed by atoms with van der Waals surface area (Å²) in [7, 11) is 0.